The minimum absolute atomic E-state index is 0.0516. The Morgan fingerprint density at radius 1 is 0.192 bits per heavy atom. The molecule has 2 aliphatic carbocycles. The highest BCUT2D eigenvalue weighted by atomic mass is 16.5. The van der Waals surface area contributed by atoms with Crippen LogP contribution in [0.3, 0.4) is 0 Å². The van der Waals surface area contributed by atoms with Crippen LogP contribution in [0.4, 0.5) is 0 Å². The number of nitrogens with zero attached hydrogens (tertiary/aromatic N) is 8. The number of benzene rings is 17. The van der Waals surface area contributed by atoms with Crippen molar-refractivity contribution in [2.24, 2.45) is 0 Å². The number of ether oxygens (including phenoxy) is 2. The van der Waals surface area contributed by atoms with Gasteiger partial charge >= 0.3 is 0 Å². The fourth-order valence-corrected chi connectivity index (χ4v) is 19.5. The smallest absolute Gasteiger partial charge is 0.164 e. The second-order valence-electron chi connectivity index (χ2n) is 33.4. The van der Waals surface area contributed by atoms with Gasteiger partial charge < -0.3 is 18.6 Å². The lowest BCUT2D eigenvalue weighted by Gasteiger charge is -2.23. The van der Waals surface area contributed by atoms with Crippen LogP contribution >= 0.6 is 0 Å². The first kappa shape index (κ1) is 76.6. The minimum Gasteiger partial charge on any atom is -0.484 e. The molecule has 4 aliphatic rings. The van der Waals surface area contributed by atoms with Crippen molar-refractivity contribution in [3.63, 3.8) is 0 Å². The van der Waals surface area contributed by atoms with Gasteiger partial charge in [0.05, 0.1) is 22.4 Å². The fourth-order valence-electron chi connectivity index (χ4n) is 19.5. The van der Waals surface area contributed by atoms with Crippen molar-refractivity contribution in [2.45, 2.75) is 24.0 Å². The summed E-state index contributed by atoms with van der Waals surface area (Å²) in [5.74, 6) is 5.28. The topological polar surface area (TPSA) is 106 Å². The van der Waals surface area contributed by atoms with Gasteiger partial charge in [-0.1, -0.05) is 388 Å². The monoisotopic (exact) mass is 1660 g/mol. The maximum absolute atomic E-state index is 7.11. The van der Waals surface area contributed by atoms with E-state index in [-0.39, 0.29) is 24.0 Å². The molecule has 0 spiro atoms. The first-order valence-corrected chi connectivity index (χ1v) is 44.2. The average Bonchev–Trinajstić information content (AvgIpc) is 1.56. The van der Waals surface area contributed by atoms with E-state index in [1.165, 1.54) is 60.8 Å². The molecule has 10 heteroatoms. The maximum atomic E-state index is 7.11. The zero-order valence-electron chi connectivity index (χ0n) is 70.6. The van der Waals surface area contributed by atoms with Crippen LogP contribution in [0, 0.1) is 0 Å². The lowest BCUT2D eigenvalue weighted by Crippen LogP contribution is -2.14. The van der Waals surface area contributed by atoms with Crippen molar-refractivity contribution in [3.05, 3.63) is 483 Å². The molecule has 10 nitrogen and oxygen atoms in total. The maximum Gasteiger partial charge on any atom is 0.164 e. The average molecular weight is 1670 g/mol. The number of hydrogen-bond donors (Lipinski definition) is 0. The molecule has 612 valence electrons. The second kappa shape index (κ2) is 32.8. The Balaban J connectivity index is 0.000000145. The molecular formula is C120H80N8O2. The molecule has 6 heterocycles. The summed E-state index contributed by atoms with van der Waals surface area (Å²) in [6.07, 6.45) is 8.73. The third-order valence-corrected chi connectivity index (χ3v) is 25.7. The molecular weight excluding hydrogens is 1590 g/mol. The van der Waals surface area contributed by atoms with Crippen LogP contribution in [0.15, 0.2) is 449 Å². The molecule has 0 bridgehead atoms. The van der Waals surface area contributed by atoms with Crippen LogP contribution in [0.25, 0.3) is 192 Å². The Morgan fingerprint density at radius 2 is 0.446 bits per heavy atom. The SMILES string of the molecule is C1=CC2c3c(cccc3-c3nc(-c4ccc(-c5ccccc5)cc4)nc(-c4cccc(-c5ccccc5)c4)n3)OC2c2c1n(-c1cccc(-c3ccc(-c4ccccc4)cc3)c1)c1ccccc21.C1=CC2c3c(cccc3-c3nc(-c4ccccc4)nc(-c4cccc(-c5ccccc5)c4)n3)OC2c2c1n(-c1cccc(-c3ccc(-c4ccccc4)cc3)c1)c1ccccc21. The van der Waals surface area contributed by atoms with E-state index in [2.05, 4.69) is 434 Å². The first-order valence-electron chi connectivity index (χ1n) is 44.2. The number of rotatable bonds is 15. The summed E-state index contributed by atoms with van der Waals surface area (Å²) in [6, 6.07) is 153. The molecule has 0 radical (unpaired) electrons. The second-order valence-corrected chi connectivity index (χ2v) is 33.4. The predicted octanol–water partition coefficient (Wildman–Crippen LogP) is 29.8. The normalized spacial score (nSPS) is 14.7. The van der Waals surface area contributed by atoms with Gasteiger partial charge in [-0.2, -0.15) is 0 Å². The Morgan fingerprint density at radius 3 is 0.815 bits per heavy atom. The number of fused-ring (bicyclic) bond motifs is 14. The molecule has 2 aliphatic heterocycles. The van der Waals surface area contributed by atoms with Gasteiger partial charge in [-0.3, -0.25) is 0 Å². The zero-order valence-corrected chi connectivity index (χ0v) is 70.6. The van der Waals surface area contributed by atoms with Crippen LogP contribution in [-0.4, -0.2) is 39.0 Å². The summed E-state index contributed by atoms with van der Waals surface area (Å²) >= 11 is 0. The Hall–Kier alpha value is -17.1. The van der Waals surface area contributed by atoms with Crippen LogP contribution < -0.4 is 9.47 Å². The minimum atomic E-state index is -0.250. The Labute approximate surface area is 753 Å². The van der Waals surface area contributed by atoms with Crippen molar-refractivity contribution < 1.29 is 9.47 Å². The molecule has 0 fully saturated rings. The van der Waals surface area contributed by atoms with Crippen molar-refractivity contribution in [3.8, 4) is 169 Å². The van der Waals surface area contributed by atoms with E-state index in [1.54, 1.807) is 0 Å². The van der Waals surface area contributed by atoms with Crippen molar-refractivity contribution >= 4 is 34.0 Å². The third kappa shape index (κ3) is 14.0. The highest BCUT2D eigenvalue weighted by Gasteiger charge is 2.44. The molecule has 4 atom stereocenters. The van der Waals surface area contributed by atoms with Crippen molar-refractivity contribution in [1.29, 1.82) is 0 Å². The standard InChI is InChI=1S/C63H42N4O.C57H38N4O/c1-4-15-41(16-5-1)44-29-31-46(32-30-44)49-22-13-24-51(40-49)67-55-27-11-10-25-52(55)59-56(67)38-37-53-58-54(26-14-28-57(58)68-60(53)59)63-65-61(47-35-33-45(34-36-47)42-17-6-2-7-18-42)64-62(66-63)50-23-12-21-48(39-50)43-19-8-3-9-20-43;1-4-15-37(16-5-1)39-29-31-40(32-30-39)43-22-13-24-45(36-43)61-49-27-11-10-25-46(49)53-50(61)34-33-47-52-48(26-14-28-51(52)62-54(47)53)57-59-55(41-19-8-3-9-20-41)58-56(60-57)44-23-12-21-42(35-44)38-17-6-2-7-18-38/h1-40,53,60H;1-36,47,54H. The molecule has 0 saturated carbocycles. The highest BCUT2D eigenvalue weighted by molar-refractivity contribution is 5.95. The molecule has 21 aromatic rings. The quantitative estimate of drug-likeness (QED) is 0.0999. The van der Waals surface area contributed by atoms with E-state index in [0.717, 1.165) is 129 Å². The molecule has 17 aromatic carbocycles. The summed E-state index contributed by atoms with van der Waals surface area (Å²) in [5, 5.41) is 2.36. The predicted molar refractivity (Wildman–Crippen MR) is 527 cm³/mol. The van der Waals surface area contributed by atoms with Gasteiger partial charge in [-0.15, -0.1) is 0 Å². The first-order chi connectivity index (χ1) is 64.4. The zero-order chi connectivity index (χ0) is 86.0. The van der Waals surface area contributed by atoms with Crippen LogP contribution in [0.5, 0.6) is 11.5 Å². The van der Waals surface area contributed by atoms with Gasteiger partial charge in [-0.25, -0.2) is 29.9 Å². The number of aromatic nitrogens is 8. The molecule has 4 aromatic heterocycles. The van der Waals surface area contributed by atoms with Gasteiger partial charge in [0.25, 0.3) is 0 Å². The summed E-state index contributed by atoms with van der Waals surface area (Å²) in [4.78, 5) is 31.3. The van der Waals surface area contributed by atoms with Gasteiger partial charge in [0.1, 0.15) is 23.7 Å². The largest absolute Gasteiger partial charge is 0.484 e. The molecule has 0 saturated heterocycles. The van der Waals surface area contributed by atoms with Gasteiger partial charge in [0.15, 0.2) is 34.9 Å². The summed E-state index contributed by atoms with van der Waals surface area (Å²) in [6.45, 7) is 0. The van der Waals surface area contributed by atoms with E-state index in [9.17, 15) is 0 Å². The molecule has 25 rings (SSSR count). The third-order valence-electron chi connectivity index (χ3n) is 25.7. The van der Waals surface area contributed by atoms with Crippen molar-refractivity contribution in [2.75, 3.05) is 0 Å². The molecule has 0 N–H and O–H groups in total. The lowest BCUT2D eigenvalue weighted by atomic mass is 9.83. The van der Waals surface area contributed by atoms with Gasteiger partial charge in [-0.05, 0) is 151 Å². The molecule has 0 amide bonds. The Bertz CT molecular complexity index is 7950. The van der Waals surface area contributed by atoms with Crippen LogP contribution in [0.1, 0.15) is 57.7 Å². The fraction of sp³-hybridized carbons (Fsp3) is 0.0333. The van der Waals surface area contributed by atoms with E-state index in [4.69, 9.17) is 39.4 Å². The van der Waals surface area contributed by atoms with E-state index >= 15 is 0 Å². The van der Waals surface area contributed by atoms with Crippen LogP contribution in [-0.2, 0) is 0 Å². The highest BCUT2D eigenvalue weighted by Crippen LogP contribution is 2.58. The van der Waals surface area contributed by atoms with Crippen molar-refractivity contribution in [1.82, 2.24) is 39.0 Å². The Kier molecular flexibility index (Phi) is 19.3. The van der Waals surface area contributed by atoms with Gasteiger partial charge in [0.2, 0.25) is 0 Å². The summed E-state index contributed by atoms with van der Waals surface area (Å²) in [5.41, 5.74) is 33.1. The molecule has 4 unspecified atom stereocenters. The summed E-state index contributed by atoms with van der Waals surface area (Å²) in [7, 11) is 0. The lowest BCUT2D eigenvalue weighted by molar-refractivity contribution is 0.224. The molecule has 130 heavy (non-hydrogen) atoms. The van der Waals surface area contributed by atoms with E-state index in [0.29, 0.717) is 34.9 Å². The van der Waals surface area contributed by atoms with Gasteiger partial charge in [0, 0.05) is 89.6 Å². The van der Waals surface area contributed by atoms with E-state index < -0.39 is 0 Å². The number of para-hydroxylation sites is 2. The van der Waals surface area contributed by atoms with Crippen LogP contribution in [0.2, 0.25) is 0 Å². The van der Waals surface area contributed by atoms with E-state index in [1.807, 2.05) is 36.4 Å². The summed E-state index contributed by atoms with van der Waals surface area (Å²) < 4.78 is 18.9. The number of hydrogen-bond acceptors (Lipinski definition) is 8.